The van der Waals surface area contributed by atoms with E-state index in [4.69, 9.17) is 11.6 Å². The van der Waals surface area contributed by atoms with Crippen LogP contribution in [0.5, 0.6) is 0 Å². The minimum Gasteiger partial charge on any atom is -0.294 e. The van der Waals surface area contributed by atoms with E-state index in [0.717, 1.165) is 5.56 Å². The summed E-state index contributed by atoms with van der Waals surface area (Å²) in [6.45, 7) is 1.53. The number of pyridine rings is 2. The van der Waals surface area contributed by atoms with Crippen LogP contribution >= 0.6 is 11.6 Å². The van der Waals surface area contributed by atoms with Crippen molar-refractivity contribution in [2.45, 2.75) is 6.92 Å². The number of rotatable bonds is 2. The average molecular weight is 272 g/mol. The van der Waals surface area contributed by atoms with Gasteiger partial charge in [-0.25, -0.2) is 4.52 Å². The Morgan fingerprint density at radius 1 is 1.26 bits per heavy atom. The molecule has 4 nitrogen and oxygen atoms in total. The van der Waals surface area contributed by atoms with Crippen LogP contribution in [0.25, 0.3) is 16.8 Å². The van der Waals surface area contributed by atoms with E-state index in [9.17, 15) is 4.79 Å². The van der Waals surface area contributed by atoms with Gasteiger partial charge in [-0.1, -0.05) is 17.7 Å². The number of fused-ring (bicyclic) bond motifs is 1. The molecule has 0 amide bonds. The SMILES string of the molecule is CC(=O)c1c(-c2cccnc2)nn2c(Cl)cccc12. The average Bonchev–Trinajstić information content (AvgIpc) is 2.81. The largest absolute Gasteiger partial charge is 0.294 e. The van der Waals surface area contributed by atoms with Crippen LogP contribution in [0.3, 0.4) is 0 Å². The fraction of sp³-hybridized carbons (Fsp3) is 0.0714. The van der Waals surface area contributed by atoms with Crippen molar-refractivity contribution < 1.29 is 4.79 Å². The number of nitrogens with zero attached hydrogens (tertiary/aromatic N) is 3. The summed E-state index contributed by atoms with van der Waals surface area (Å²) < 4.78 is 1.57. The fourth-order valence-electron chi connectivity index (χ4n) is 2.09. The highest BCUT2D eigenvalue weighted by Gasteiger charge is 2.18. The third-order valence-electron chi connectivity index (χ3n) is 2.90. The number of hydrogen-bond donors (Lipinski definition) is 0. The van der Waals surface area contributed by atoms with Crippen LogP contribution in [-0.4, -0.2) is 20.4 Å². The maximum Gasteiger partial charge on any atom is 0.164 e. The lowest BCUT2D eigenvalue weighted by molar-refractivity contribution is 0.102. The summed E-state index contributed by atoms with van der Waals surface area (Å²) in [7, 11) is 0. The Morgan fingerprint density at radius 2 is 2.11 bits per heavy atom. The molecule has 0 bridgehead atoms. The monoisotopic (exact) mass is 271 g/mol. The first-order valence-corrected chi connectivity index (χ1v) is 6.15. The lowest BCUT2D eigenvalue weighted by Crippen LogP contribution is -1.94. The number of halogens is 1. The highest BCUT2D eigenvalue weighted by molar-refractivity contribution is 6.30. The molecule has 3 rings (SSSR count). The molecule has 94 valence electrons. The van der Waals surface area contributed by atoms with Gasteiger partial charge in [0.15, 0.2) is 5.78 Å². The summed E-state index contributed by atoms with van der Waals surface area (Å²) in [6.07, 6.45) is 3.36. The molecule has 0 saturated heterocycles. The van der Waals surface area contributed by atoms with Gasteiger partial charge in [-0.15, -0.1) is 0 Å². The van der Waals surface area contributed by atoms with Crippen molar-refractivity contribution in [2.75, 3.05) is 0 Å². The molecular weight excluding hydrogens is 262 g/mol. The second-order valence-electron chi connectivity index (χ2n) is 4.17. The molecule has 0 radical (unpaired) electrons. The number of ketones is 1. The predicted octanol–water partition coefficient (Wildman–Crippen LogP) is 3.25. The third-order valence-corrected chi connectivity index (χ3v) is 3.18. The molecule has 3 aromatic rings. The summed E-state index contributed by atoms with van der Waals surface area (Å²) in [5.74, 6) is -0.0453. The van der Waals surface area contributed by atoms with E-state index < -0.39 is 0 Å². The van der Waals surface area contributed by atoms with Gasteiger partial charge in [-0.2, -0.15) is 5.10 Å². The number of hydrogen-bond acceptors (Lipinski definition) is 3. The van der Waals surface area contributed by atoms with Crippen LogP contribution in [0.1, 0.15) is 17.3 Å². The summed E-state index contributed by atoms with van der Waals surface area (Å²) >= 11 is 6.11. The van der Waals surface area contributed by atoms with Gasteiger partial charge in [0.2, 0.25) is 0 Å². The zero-order valence-electron chi connectivity index (χ0n) is 10.2. The molecule has 0 unspecified atom stereocenters. The normalized spacial score (nSPS) is 10.8. The van der Waals surface area contributed by atoms with Crippen LogP contribution in [0.15, 0.2) is 42.7 Å². The standard InChI is InChI=1S/C14H10ClN3O/c1-9(19)13-11-5-2-6-12(15)18(11)17-14(13)10-4-3-7-16-8-10/h2-8H,1H3. The van der Waals surface area contributed by atoms with E-state index in [1.165, 1.54) is 6.92 Å². The Hall–Kier alpha value is -2.20. The minimum absolute atomic E-state index is 0.0453. The van der Waals surface area contributed by atoms with Crippen molar-refractivity contribution in [2.24, 2.45) is 0 Å². The summed E-state index contributed by atoms with van der Waals surface area (Å²) in [4.78, 5) is 16.0. The highest BCUT2D eigenvalue weighted by atomic mass is 35.5. The van der Waals surface area contributed by atoms with Gasteiger partial charge in [0.05, 0.1) is 11.1 Å². The van der Waals surface area contributed by atoms with Gasteiger partial charge in [0, 0.05) is 18.0 Å². The third kappa shape index (κ3) is 1.90. The van der Waals surface area contributed by atoms with Crippen molar-refractivity contribution in [3.8, 4) is 11.3 Å². The molecule has 0 aliphatic heterocycles. The molecular formula is C14H10ClN3O. The topological polar surface area (TPSA) is 47.3 Å². The lowest BCUT2D eigenvalue weighted by Gasteiger charge is -1.98. The maximum atomic E-state index is 11.9. The number of carbonyl (C=O) groups excluding carboxylic acids is 1. The van der Waals surface area contributed by atoms with Gasteiger partial charge in [-0.05, 0) is 31.2 Å². The van der Waals surface area contributed by atoms with Crippen LogP contribution < -0.4 is 0 Å². The molecule has 0 aliphatic carbocycles. The molecule has 0 saturated carbocycles. The van der Waals surface area contributed by atoms with E-state index in [1.54, 1.807) is 29.0 Å². The molecule has 19 heavy (non-hydrogen) atoms. The van der Waals surface area contributed by atoms with Crippen LogP contribution in [-0.2, 0) is 0 Å². The van der Waals surface area contributed by atoms with Crippen LogP contribution in [0.2, 0.25) is 5.15 Å². The van der Waals surface area contributed by atoms with Gasteiger partial charge < -0.3 is 0 Å². The molecule has 0 atom stereocenters. The van der Waals surface area contributed by atoms with Crippen molar-refractivity contribution >= 4 is 22.9 Å². The Balaban J connectivity index is 2.39. The van der Waals surface area contributed by atoms with Gasteiger partial charge in [0.1, 0.15) is 10.8 Å². The Bertz CT molecular complexity index is 765. The van der Waals surface area contributed by atoms with E-state index in [0.29, 0.717) is 21.9 Å². The maximum absolute atomic E-state index is 11.9. The first kappa shape index (κ1) is 11.9. The Labute approximate surface area is 114 Å². The van der Waals surface area contributed by atoms with E-state index >= 15 is 0 Å². The van der Waals surface area contributed by atoms with Crippen molar-refractivity contribution in [3.05, 3.63) is 53.4 Å². The highest BCUT2D eigenvalue weighted by Crippen LogP contribution is 2.27. The van der Waals surface area contributed by atoms with Crippen molar-refractivity contribution in [1.29, 1.82) is 0 Å². The smallest absolute Gasteiger partial charge is 0.164 e. The molecule has 0 aromatic carbocycles. The molecule has 0 fully saturated rings. The molecule has 5 heteroatoms. The summed E-state index contributed by atoms with van der Waals surface area (Å²) in [5, 5.41) is 4.90. The lowest BCUT2D eigenvalue weighted by atomic mass is 10.1. The van der Waals surface area contributed by atoms with Crippen LogP contribution in [0.4, 0.5) is 0 Å². The zero-order valence-corrected chi connectivity index (χ0v) is 10.9. The van der Waals surface area contributed by atoms with E-state index in [1.807, 2.05) is 18.2 Å². The summed E-state index contributed by atoms with van der Waals surface area (Å²) in [6, 6.07) is 9.05. The van der Waals surface area contributed by atoms with Gasteiger partial charge >= 0.3 is 0 Å². The molecule has 0 spiro atoms. The van der Waals surface area contributed by atoms with Crippen molar-refractivity contribution in [1.82, 2.24) is 14.6 Å². The second-order valence-corrected chi connectivity index (χ2v) is 4.55. The van der Waals surface area contributed by atoms with Gasteiger partial charge in [-0.3, -0.25) is 9.78 Å². The molecule has 0 N–H and O–H groups in total. The predicted molar refractivity (Wildman–Crippen MR) is 73.4 cm³/mol. The van der Waals surface area contributed by atoms with Crippen LogP contribution in [0, 0.1) is 0 Å². The Morgan fingerprint density at radius 3 is 2.79 bits per heavy atom. The number of carbonyl (C=O) groups is 1. The van der Waals surface area contributed by atoms with E-state index in [2.05, 4.69) is 10.1 Å². The Kier molecular flexibility index (Phi) is 2.80. The minimum atomic E-state index is -0.0453. The van der Waals surface area contributed by atoms with Crippen molar-refractivity contribution in [3.63, 3.8) is 0 Å². The first-order chi connectivity index (χ1) is 9.18. The van der Waals surface area contributed by atoms with E-state index in [-0.39, 0.29) is 5.78 Å². The second kappa shape index (κ2) is 4.48. The molecule has 3 heterocycles. The number of aromatic nitrogens is 3. The fourth-order valence-corrected chi connectivity index (χ4v) is 2.29. The summed E-state index contributed by atoms with van der Waals surface area (Å²) in [5.41, 5.74) is 2.68. The zero-order chi connectivity index (χ0) is 13.4. The molecule has 0 aliphatic rings. The molecule has 3 aromatic heterocycles. The quantitative estimate of drug-likeness (QED) is 0.531. The van der Waals surface area contributed by atoms with Gasteiger partial charge in [0.25, 0.3) is 0 Å². The first-order valence-electron chi connectivity index (χ1n) is 5.77. The number of Topliss-reactive ketones (excluding diaryl/α,β-unsaturated/α-hetero) is 1.